The minimum absolute atomic E-state index is 0.141. The minimum Gasteiger partial charge on any atom is -0.497 e. The van der Waals surface area contributed by atoms with Gasteiger partial charge in [0.25, 0.3) is 0 Å². The number of carbonyl (C=O) groups is 1. The summed E-state index contributed by atoms with van der Waals surface area (Å²) in [6.45, 7) is 1.45. The number of H-pyrrole nitrogens is 1. The van der Waals surface area contributed by atoms with Crippen molar-refractivity contribution in [3.63, 3.8) is 0 Å². The van der Waals surface area contributed by atoms with Crippen molar-refractivity contribution in [1.82, 2.24) is 25.1 Å². The van der Waals surface area contributed by atoms with Crippen LogP contribution in [0.25, 0.3) is 11.4 Å². The van der Waals surface area contributed by atoms with Crippen LogP contribution in [-0.2, 0) is 11.2 Å². The van der Waals surface area contributed by atoms with Crippen LogP contribution in [0, 0.1) is 0 Å². The molecule has 7 nitrogen and oxygen atoms in total. The second-order valence-electron chi connectivity index (χ2n) is 6.99. The summed E-state index contributed by atoms with van der Waals surface area (Å²) in [4.78, 5) is 23.5. The number of aromatic amines is 1. The molecule has 28 heavy (non-hydrogen) atoms. The number of amides is 1. The van der Waals surface area contributed by atoms with E-state index in [9.17, 15) is 4.79 Å². The zero-order chi connectivity index (χ0) is 19.3. The molecular formula is C21H23N5O2. The molecular weight excluding hydrogens is 354 g/mol. The van der Waals surface area contributed by atoms with Crippen molar-refractivity contribution >= 4 is 5.91 Å². The lowest BCUT2D eigenvalue weighted by molar-refractivity contribution is -0.131. The average Bonchev–Trinajstić information content (AvgIpc) is 3.25. The molecule has 0 saturated carbocycles. The fraction of sp³-hybridized carbons (Fsp3) is 0.333. The Morgan fingerprint density at radius 3 is 2.89 bits per heavy atom. The van der Waals surface area contributed by atoms with Crippen molar-refractivity contribution in [1.29, 1.82) is 0 Å². The Kier molecular flexibility index (Phi) is 5.32. The van der Waals surface area contributed by atoms with E-state index in [0.717, 1.165) is 42.1 Å². The molecule has 7 heteroatoms. The lowest BCUT2D eigenvalue weighted by Crippen LogP contribution is -2.40. The van der Waals surface area contributed by atoms with E-state index < -0.39 is 0 Å². The van der Waals surface area contributed by atoms with Gasteiger partial charge in [0.2, 0.25) is 5.91 Å². The molecule has 1 N–H and O–H groups in total. The molecule has 0 spiro atoms. The number of benzene rings is 1. The number of carbonyl (C=O) groups excluding carboxylic acids is 1. The van der Waals surface area contributed by atoms with E-state index >= 15 is 0 Å². The lowest BCUT2D eigenvalue weighted by atomic mass is 9.96. The summed E-state index contributed by atoms with van der Waals surface area (Å²) in [5.41, 5.74) is 1.87. The summed E-state index contributed by atoms with van der Waals surface area (Å²) < 4.78 is 5.17. The number of nitrogens with zero attached hydrogens (tertiary/aromatic N) is 4. The molecule has 1 fully saturated rings. The smallest absolute Gasteiger partial charge is 0.227 e. The van der Waals surface area contributed by atoms with Gasteiger partial charge >= 0.3 is 0 Å². The summed E-state index contributed by atoms with van der Waals surface area (Å²) >= 11 is 0. The summed E-state index contributed by atoms with van der Waals surface area (Å²) in [6, 6.07) is 11.5. The first-order valence-corrected chi connectivity index (χ1v) is 9.46. The van der Waals surface area contributed by atoms with E-state index in [2.05, 4.69) is 20.2 Å². The first kappa shape index (κ1) is 18.2. The van der Waals surface area contributed by atoms with E-state index in [-0.39, 0.29) is 11.8 Å². The van der Waals surface area contributed by atoms with Crippen molar-refractivity contribution in [2.75, 3.05) is 20.2 Å². The molecule has 3 aromatic rings. The zero-order valence-corrected chi connectivity index (χ0v) is 15.8. The largest absolute Gasteiger partial charge is 0.497 e. The Morgan fingerprint density at radius 1 is 1.29 bits per heavy atom. The predicted molar refractivity (Wildman–Crippen MR) is 105 cm³/mol. The van der Waals surface area contributed by atoms with Crippen LogP contribution in [0.15, 0.2) is 48.8 Å². The quantitative estimate of drug-likeness (QED) is 0.739. The van der Waals surface area contributed by atoms with Crippen molar-refractivity contribution in [3.8, 4) is 17.1 Å². The number of methoxy groups -OCH3 is 1. The van der Waals surface area contributed by atoms with Gasteiger partial charge in [0.1, 0.15) is 11.6 Å². The monoisotopic (exact) mass is 377 g/mol. The molecule has 3 heterocycles. The van der Waals surface area contributed by atoms with Gasteiger partial charge < -0.3 is 9.64 Å². The fourth-order valence-corrected chi connectivity index (χ4v) is 3.54. The number of pyridine rings is 1. The maximum absolute atomic E-state index is 12.8. The molecule has 4 rings (SSSR count). The maximum atomic E-state index is 12.8. The highest BCUT2D eigenvalue weighted by molar-refractivity contribution is 5.79. The van der Waals surface area contributed by atoms with Gasteiger partial charge in [0, 0.05) is 37.0 Å². The van der Waals surface area contributed by atoms with Crippen molar-refractivity contribution in [2.24, 2.45) is 0 Å². The average molecular weight is 377 g/mol. The molecule has 0 radical (unpaired) electrons. The molecule has 0 unspecified atom stereocenters. The van der Waals surface area contributed by atoms with Crippen LogP contribution in [0.3, 0.4) is 0 Å². The Bertz CT molecular complexity index is 923. The molecule has 1 aliphatic rings. The summed E-state index contributed by atoms with van der Waals surface area (Å²) in [7, 11) is 1.64. The highest BCUT2D eigenvalue weighted by atomic mass is 16.5. The lowest BCUT2D eigenvalue weighted by Gasteiger charge is -2.31. The van der Waals surface area contributed by atoms with Crippen LogP contribution >= 0.6 is 0 Å². The standard InChI is InChI=1S/C21H23N5O2/c1-28-18-8-6-15(7-9-18)12-19(27)26-11-3-5-17(14-26)21-23-20(24-25-21)16-4-2-10-22-13-16/h2,4,6-10,13,17H,3,5,11-12,14H2,1H3,(H,23,24,25)/t17-/m0/s1. The third-order valence-corrected chi connectivity index (χ3v) is 5.10. The van der Waals surface area contributed by atoms with Crippen LogP contribution in [0.4, 0.5) is 0 Å². The van der Waals surface area contributed by atoms with E-state index in [1.807, 2.05) is 41.3 Å². The van der Waals surface area contributed by atoms with Crippen LogP contribution in [0.5, 0.6) is 5.75 Å². The van der Waals surface area contributed by atoms with Crippen LogP contribution in [0.2, 0.25) is 0 Å². The summed E-state index contributed by atoms with van der Waals surface area (Å²) in [5.74, 6) is 2.59. The second kappa shape index (κ2) is 8.21. The molecule has 1 atom stereocenters. The first-order valence-electron chi connectivity index (χ1n) is 9.46. The number of hydrogen-bond acceptors (Lipinski definition) is 5. The zero-order valence-electron chi connectivity index (χ0n) is 15.8. The van der Waals surface area contributed by atoms with Gasteiger partial charge in [-0.3, -0.25) is 14.9 Å². The molecule has 1 amide bonds. The van der Waals surface area contributed by atoms with Crippen LogP contribution in [-0.4, -0.2) is 51.2 Å². The number of rotatable bonds is 5. The summed E-state index contributed by atoms with van der Waals surface area (Å²) in [6.07, 6.45) is 5.83. The molecule has 1 aromatic carbocycles. The van der Waals surface area contributed by atoms with Gasteiger partial charge in [-0.05, 0) is 42.7 Å². The topological polar surface area (TPSA) is 84.0 Å². The van der Waals surface area contributed by atoms with Gasteiger partial charge in [-0.1, -0.05) is 12.1 Å². The third-order valence-electron chi connectivity index (χ3n) is 5.10. The number of likely N-dealkylation sites (tertiary alicyclic amines) is 1. The second-order valence-corrected chi connectivity index (χ2v) is 6.99. The van der Waals surface area contributed by atoms with E-state index in [4.69, 9.17) is 4.74 Å². The van der Waals surface area contributed by atoms with E-state index in [0.29, 0.717) is 18.8 Å². The van der Waals surface area contributed by atoms with Gasteiger partial charge in [0.15, 0.2) is 5.82 Å². The fourth-order valence-electron chi connectivity index (χ4n) is 3.54. The highest BCUT2D eigenvalue weighted by Gasteiger charge is 2.27. The van der Waals surface area contributed by atoms with Gasteiger partial charge in [-0.25, -0.2) is 4.98 Å². The number of piperidine rings is 1. The molecule has 2 aromatic heterocycles. The Balaban J connectivity index is 1.41. The summed E-state index contributed by atoms with van der Waals surface area (Å²) in [5, 5.41) is 7.38. The molecule has 0 aliphatic carbocycles. The number of hydrogen-bond donors (Lipinski definition) is 1. The van der Waals surface area contributed by atoms with Crippen LogP contribution in [0.1, 0.15) is 30.1 Å². The van der Waals surface area contributed by atoms with Crippen molar-refractivity contribution < 1.29 is 9.53 Å². The molecule has 144 valence electrons. The van der Waals surface area contributed by atoms with Crippen LogP contribution < -0.4 is 4.74 Å². The van der Waals surface area contributed by atoms with Gasteiger partial charge in [-0.15, -0.1) is 0 Å². The SMILES string of the molecule is COc1ccc(CC(=O)N2CCC[C@H](c3nc(-c4cccnc4)n[nH]3)C2)cc1. The molecule has 1 aliphatic heterocycles. The van der Waals surface area contributed by atoms with Crippen molar-refractivity contribution in [3.05, 3.63) is 60.2 Å². The number of ether oxygens (including phenoxy) is 1. The van der Waals surface area contributed by atoms with E-state index in [1.54, 1.807) is 19.5 Å². The van der Waals surface area contributed by atoms with Crippen molar-refractivity contribution in [2.45, 2.75) is 25.2 Å². The molecule has 1 saturated heterocycles. The van der Waals surface area contributed by atoms with E-state index in [1.165, 1.54) is 0 Å². The Morgan fingerprint density at radius 2 is 2.14 bits per heavy atom. The first-order chi connectivity index (χ1) is 13.7. The van der Waals surface area contributed by atoms with Gasteiger partial charge in [0.05, 0.1) is 13.5 Å². The minimum atomic E-state index is 0.141. The maximum Gasteiger partial charge on any atom is 0.227 e. The third kappa shape index (κ3) is 4.03. The molecule has 0 bridgehead atoms. The number of nitrogens with one attached hydrogen (secondary N) is 1. The number of aromatic nitrogens is 4. The Labute approximate surface area is 163 Å². The predicted octanol–water partition coefficient (Wildman–Crippen LogP) is 2.82. The highest BCUT2D eigenvalue weighted by Crippen LogP contribution is 2.26. The van der Waals surface area contributed by atoms with Gasteiger partial charge in [-0.2, -0.15) is 5.10 Å². The normalized spacial score (nSPS) is 16.8. The Hall–Kier alpha value is -3.22.